The van der Waals surface area contributed by atoms with Crippen molar-refractivity contribution in [1.82, 2.24) is 15.1 Å². The molecule has 0 fully saturated rings. The molecule has 0 radical (unpaired) electrons. The number of rotatable bonds is 6. The van der Waals surface area contributed by atoms with E-state index in [9.17, 15) is 0 Å². The zero-order valence-electron chi connectivity index (χ0n) is 11.0. The first-order valence-corrected chi connectivity index (χ1v) is 8.82. The molecule has 0 spiro atoms. The Labute approximate surface area is 134 Å². The van der Waals surface area contributed by atoms with Crippen LogP contribution in [0.25, 0.3) is 0 Å². The van der Waals surface area contributed by atoms with E-state index in [1.807, 2.05) is 6.20 Å². The molecule has 104 valence electrons. The van der Waals surface area contributed by atoms with Crippen molar-refractivity contribution in [3.63, 3.8) is 0 Å². The van der Waals surface area contributed by atoms with Crippen molar-refractivity contribution in [2.75, 3.05) is 6.54 Å². The van der Waals surface area contributed by atoms with Crippen molar-refractivity contribution in [3.05, 3.63) is 37.2 Å². The fourth-order valence-electron chi connectivity index (χ4n) is 2.06. The number of hydrogen-bond donors (Lipinski definition) is 1. The molecule has 2 heterocycles. The molecule has 1 atom stereocenters. The maximum absolute atomic E-state index is 4.46. The van der Waals surface area contributed by atoms with Gasteiger partial charge in [-0.2, -0.15) is 5.10 Å². The number of aromatic nitrogens is 2. The average molecular weight is 407 g/mol. The van der Waals surface area contributed by atoms with E-state index in [-0.39, 0.29) is 6.04 Å². The molecule has 6 heteroatoms. The molecule has 0 aromatic carbocycles. The van der Waals surface area contributed by atoms with Crippen molar-refractivity contribution < 1.29 is 0 Å². The number of thiophene rings is 1. The van der Waals surface area contributed by atoms with Crippen molar-refractivity contribution in [2.45, 2.75) is 32.9 Å². The summed E-state index contributed by atoms with van der Waals surface area (Å²) in [4.78, 5) is 1.30. The second kappa shape index (κ2) is 7.02. The predicted molar refractivity (Wildman–Crippen MR) is 87.8 cm³/mol. The Morgan fingerprint density at radius 1 is 1.42 bits per heavy atom. The Bertz CT molecular complexity index is 536. The van der Waals surface area contributed by atoms with Crippen LogP contribution in [-0.2, 0) is 6.54 Å². The molecule has 0 bridgehead atoms. The van der Waals surface area contributed by atoms with Crippen LogP contribution in [0, 0.1) is 0 Å². The zero-order valence-corrected chi connectivity index (χ0v) is 15.0. The Morgan fingerprint density at radius 2 is 2.21 bits per heavy atom. The van der Waals surface area contributed by atoms with Gasteiger partial charge in [-0.1, -0.05) is 13.8 Å². The zero-order chi connectivity index (χ0) is 13.8. The highest BCUT2D eigenvalue weighted by atomic mass is 79.9. The summed E-state index contributed by atoms with van der Waals surface area (Å²) in [5, 5.41) is 10.1. The van der Waals surface area contributed by atoms with Crippen LogP contribution < -0.4 is 5.32 Å². The third-order valence-corrected chi connectivity index (χ3v) is 5.19. The molecular weight excluding hydrogens is 390 g/mol. The third-order valence-electron chi connectivity index (χ3n) is 2.82. The molecule has 0 aliphatic rings. The molecule has 2 aromatic heterocycles. The van der Waals surface area contributed by atoms with Crippen LogP contribution in [0.1, 0.15) is 36.9 Å². The SMILES string of the molecule is CCCn1ncc(Br)c1C(NCC)c1cc(Br)cs1. The second-order valence-electron chi connectivity index (χ2n) is 4.26. The van der Waals surface area contributed by atoms with E-state index >= 15 is 0 Å². The lowest BCUT2D eigenvalue weighted by molar-refractivity contribution is 0.522. The molecule has 19 heavy (non-hydrogen) atoms. The summed E-state index contributed by atoms with van der Waals surface area (Å²) in [7, 11) is 0. The molecule has 2 aromatic rings. The minimum Gasteiger partial charge on any atom is -0.305 e. The van der Waals surface area contributed by atoms with Gasteiger partial charge in [-0.25, -0.2) is 0 Å². The molecule has 0 saturated carbocycles. The molecule has 0 saturated heterocycles. The van der Waals surface area contributed by atoms with E-state index in [0.717, 1.165) is 28.5 Å². The smallest absolute Gasteiger partial charge is 0.0853 e. The summed E-state index contributed by atoms with van der Waals surface area (Å²) in [6.07, 6.45) is 2.96. The Balaban J connectivity index is 2.41. The Kier molecular flexibility index (Phi) is 5.62. The summed E-state index contributed by atoms with van der Waals surface area (Å²) >= 11 is 8.92. The first-order valence-electron chi connectivity index (χ1n) is 6.35. The molecule has 0 aliphatic heterocycles. The Morgan fingerprint density at radius 3 is 2.79 bits per heavy atom. The highest BCUT2D eigenvalue weighted by molar-refractivity contribution is 9.10. The first-order chi connectivity index (χ1) is 9.17. The van der Waals surface area contributed by atoms with Crippen LogP contribution >= 0.6 is 43.2 Å². The summed E-state index contributed by atoms with van der Waals surface area (Å²) in [5.41, 5.74) is 1.21. The van der Waals surface area contributed by atoms with E-state index in [0.29, 0.717) is 0 Å². The van der Waals surface area contributed by atoms with Crippen molar-refractivity contribution in [3.8, 4) is 0 Å². The quantitative estimate of drug-likeness (QED) is 0.760. The van der Waals surface area contributed by atoms with Gasteiger partial charge in [0.05, 0.1) is 22.4 Å². The van der Waals surface area contributed by atoms with Gasteiger partial charge in [-0.3, -0.25) is 4.68 Å². The predicted octanol–water partition coefficient (Wildman–Crippen LogP) is 4.58. The monoisotopic (exact) mass is 405 g/mol. The largest absolute Gasteiger partial charge is 0.305 e. The molecule has 3 nitrogen and oxygen atoms in total. The van der Waals surface area contributed by atoms with E-state index in [4.69, 9.17) is 0 Å². The van der Waals surface area contributed by atoms with Crippen LogP contribution in [0.4, 0.5) is 0 Å². The highest BCUT2D eigenvalue weighted by Crippen LogP contribution is 2.33. The number of hydrogen-bond acceptors (Lipinski definition) is 3. The summed E-state index contributed by atoms with van der Waals surface area (Å²) < 4.78 is 4.29. The molecule has 2 rings (SSSR count). The average Bonchev–Trinajstić information content (AvgIpc) is 2.95. The summed E-state index contributed by atoms with van der Waals surface area (Å²) in [6, 6.07) is 2.36. The third kappa shape index (κ3) is 3.48. The highest BCUT2D eigenvalue weighted by Gasteiger charge is 2.22. The maximum atomic E-state index is 4.46. The van der Waals surface area contributed by atoms with Gasteiger partial charge >= 0.3 is 0 Å². The number of aryl methyl sites for hydroxylation is 1. The molecule has 1 unspecified atom stereocenters. The molecule has 0 amide bonds. The van der Waals surface area contributed by atoms with E-state index < -0.39 is 0 Å². The normalized spacial score (nSPS) is 12.8. The van der Waals surface area contributed by atoms with Gasteiger partial charge in [-0.15, -0.1) is 11.3 Å². The summed E-state index contributed by atoms with van der Waals surface area (Å²) in [5.74, 6) is 0. The topological polar surface area (TPSA) is 29.9 Å². The van der Waals surface area contributed by atoms with Crippen LogP contribution in [0.3, 0.4) is 0 Å². The van der Waals surface area contributed by atoms with Gasteiger partial charge in [-0.05, 0) is 50.9 Å². The van der Waals surface area contributed by atoms with Crippen molar-refractivity contribution in [2.24, 2.45) is 0 Å². The van der Waals surface area contributed by atoms with Crippen molar-refractivity contribution in [1.29, 1.82) is 0 Å². The number of halogens is 2. The van der Waals surface area contributed by atoms with Crippen molar-refractivity contribution >= 4 is 43.2 Å². The van der Waals surface area contributed by atoms with Gasteiger partial charge in [0.1, 0.15) is 0 Å². The maximum Gasteiger partial charge on any atom is 0.0853 e. The Hall–Kier alpha value is -0.170. The first kappa shape index (κ1) is 15.2. The minimum absolute atomic E-state index is 0.185. The van der Waals surface area contributed by atoms with Gasteiger partial charge in [0.15, 0.2) is 0 Å². The standard InChI is InChI=1S/C13H17Br2N3S/c1-3-5-18-13(10(15)7-17-18)12(16-4-2)11-6-9(14)8-19-11/h6-8,12,16H,3-5H2,1-2H3. The fourth-order valence-corrected chi connectivity index (χ4v) is 4.11. The molecular formula is C13H17Br2N3S. The van der Waals surface area contributed by atoms with E-state index in [2.05, 4.69) is 72.3 Å². The minimum atomic E-state index is 0.185. The van der Waals surface area contributed by atoms with Gasteiger partial charge in [0.25, 0.3) is 0 Å². The van der Waals surface area contributed by atoms with Gasteiger partial charge in [0, 0.05) is 21.3 Å². The molecule has 0 aliphatic carbocycles. The summed E-state index contributed by atoms with van der Waals surface area (Å²) in [6.45, 7) is 6.16. The van der Waals surface area contributed by atoms with Crippen LogP contribution in [0.5, 0.6) is 0 Å². The van der Waals surface area contributed by atoms with Crippen LogP contribution in [0.15, 0.2) is 26.6 Å². The lowest BCUT2D eigenvalue weighted by atomic mass is 10.1. The van der Waals surface area contributed by atoms with E-state index in [1.165, 1.54) is 10.6 Å². The number of nitrogens with zero attached hydrogens (tertiary/aromatic N) is 2. The lowest BCUT2D eigenvalue weighted by Gasteiger charge is -2.19. The van der Waals surface area contributed by atoms with Gasteiger partial charge < -0.3 is 5.32 Å². The van der Waals surface area contributed by atoms with E-state index in [1.54, 1.807) is 11.3 Å². The second-order valence-corrected chi connectivity index (χ2v) is 6.97. The fraction of sp³-hybridized carbons (Fsp3) is 0.462. The molecule has 1 N–H and O–H groups in total. The lowest BCUT2D eigenvalue weighted by Crippen LogP contribution is -2.24. The number of nitrogens with one attached hydrogen (secondary N) is 1. The van der Waals surface area contributed by atoms with Crippen LogP contribution in [0.2, 0.25) is 0 Å². The van der Waals surface area contributed by atoms with Crippen LogP contribution in [-0.4, -0.2) is 16.3 Å². The van der Waals surface area contributed by atoms with Gasteiger partial charge in [0.2, 0.25) is 0 Å².